The zero-order valence-corrected chi connectivity index (χ0v) is 19.7. The number of hydrogen-bond donors (Lipinski definition) is 2. The van der Waals surface area contributed by atoms with Crippen LogP contribution in [-0.4, -0.2) is 75.6 Å². The predicted molar refractivity (Wildman–Crippen MR) is 117 cm³/mol. The van der Waals surface area contributed by atoms with Gasteiger partial charge in [0.1, 0.15) is 11.5 Å². The SMILES string of the molecule is Cc1ccc(CN2CCC3(CC2)CCN(c2ncccn2)C3)o1.O=C(O)C(F)(F)F.O=C(O)C(F)(F)F. The van der Waals surface area contributed by atoms with E-state index in [1.165, 1.54) is 19.3 Å². The first-order valence-corrected chi connectivity index (χ1v) is 11.0. The number of anilines is 1. The van der Waals surface area contributed by atoms with Crippen molar-refractivity contribution in [1.82, 2.24) is 14.9 Å². The second-order valence-corrected chi connectivity index (χ2v) is 8.61. The normalized spacial score (nSPS) is 17.4. The molecule has 0 saturated carbocycles. The van der Waals surface area contributed by atoms with E-state index in [2.05, 4.69) is 31.9 Å². The number of halogens is 6. The van der Waals surface area contributed by atoms with Crippen LogP contribution in [0.5, 0.6) is 0 Å². The van der Waals surface area contributed by atoms with Crippen molar-refractivity contribution in [2.45, 2.75) is 45.1 Å². The van der Waals surface area contributed by atoms with Crippen molar-refractivity contribution < 1.29 is 50.6 Å². The molecule has 0 aliphatic carbocycles. The van der Waals surface area contributed by atoms with Gasteiger partial charge in [-0.1, -0.05) is 0 Å². The van der Waals surface area contributed by atoms with Crippen LogP contribution in [0, 0.1) is 12.3 Å². The molecule has 37 heavy (non-hydrogen) atoms. The number of alkyl halides is 6. The molecule has 0 radical (unpaired) electrons. The lowest BCUT2D eigenvalue weighted by atomic mass is 9.78. The van der Waals surface area contributed by atoms with Crippen LogP contribution in [0.3, 0.4) is 0 Å². The Morgan fingerprint density at radius 1 is 0.946 bits per heavy atom. The van der Waals surface area contributed by atoms with Gasteiger partial charge in [0.25, 0.3) is 0 Å². The molecule has 2 aromatic rings. The fourth-order valence-corrected chi connectivity index (χ4v) is 3.94. The van der Waals surface area contributed by atoms with E-state index in [1.807, 2.05) is 25.4 Å². The number of carboxylic acids is 2. The molecular formula is C22H26F6N4O5. The van der Waals surface area contributed by atoms with Gasteiger partial charge in [0.2, 0.25) is 5.95 Å². The van der Waals surface area contributed by atoms with Gasteiger partial charge in [-0.3, -0.25) is 4.90 Å². The molecule has 2 aliphatic heterocycles. The van der Waals surface area contributed by atoms with E-state index >= 15 is 0 Å². The number of piperidine rings is 1. The van der Waals surface area contributed by atoms with E-state index in [-0.39, 0.29) is 0 Å². The third kappa shape index (κ3) is 9.55. The van der Waals surface area contributed by atoms with E-state index in [9.17, 15) is 26.3 Å². The maximum atomic E-state index is 10.6. The summed E-state index contributed by atoms with van der Waals surface area (Å²) in [6.45, 7) is 7.45. The minimum Gasteiger partial charge on any atom is -0.475 e. The number of aliphatic carboxylic acids is 2. The van der Waals surface area contributed by atoms with Gasteiger partial charge in [-0.2, -0.15) is 26.3 Å². The fourth-order valence-electron chi connectivity index (χ4n) is 3.94. The van der Waals surface area contributed by atoms with Gasteiger partial charge >= 0.3 is 24.3 Å². The van der Waals surface area contributed by atoms with Gasteiger partial charge < -0.3 is 19.5 Å². The van der Waals surface area contributed by atoms with Gasteiger partial charge in [0.15, 0.2) is 0 Å². The highest BCUT2D eigenvalue weighted by Crippen LogP contribution is 2.41. The Kier molecular flexibility index (Phi) is 9.89. The Labute approximate surface area is 207 Å². The average Bonchev–Trinajstić information content (AvgIpc) is 3.42. The Balaban J connectivity index is 0.000000286. The highest BCUT2D eigenvalue weighted by atomic mass is 19.4. The maximum absolute atomic E-state index is 10.6. The van der Waals surface area contributed by atoms with Gasteiger partial charge in [-0.05, 0) is 62.9 Å². The van der Waals surface area contributed by atoms with E-state index < -0.39 is 24.3 Å². The molecule has 206 valence electrons. The third-order valence-corrected chi connectivity index (χ3v) is 5.85. The van der Waals surface area contributed by atoms with Crippen LogP contribution in [0.15, 0.2) is 35.0 Å². The number of carboxylic acid groups (broad SMARTS) is 2. The van der Waals surface area contributed by atoms with Crippen LogP contribution < -0.4 is 4.90 Å². The maximum Gasteiger partial charge on any atom is 0.490 e. The molecule has 1 spiro atoms. The highest BCUT2D eigenvalue weighted by molar-refractivity contribution is 5.73. The third-order valence-electron chi connectivity index (χ3n) is 5.85. The molecule has 0 aromatic carbocycles. The van der Waals surface area contributed by atoms with Crippen molar-refractivity contribution in [3.63, 3.8) is 0 Å². The second-order valence-electron chi connectivity index (χ2n) is 8.61. The molecule has 0 unspecified atom stereocenters. The summed E-state index contributed by atoms with van der Waals surface area (Å²) in [5.74, 6) is -2.54. The lowest BCUT2D eigenvalue weighted by Crippen LogP contribution is -2.41. The molecule has 2 fully saturated rings. The number of hydrogen-bond acceptors (Lipinski definition) is 7. The summed E-state index contributed by atoms with van der Waals surface area (Å²) in [7, 11) is 0. The second kappa shape index (κ2) is 12.3. The van der Waals surface area contributed by atoms with Crippen molar-refractivity contribution in [3.05, 3.63) is 42.1 Å². The van der Waals surface area contributed by atoms with E-state index in [0.717, 1.165) is 50.2 Å². The monoisotopic (exact) mass is 540 g/mol. The zero-order valence-electron chi connectivity index (χ0n) is 19.7. The standard InChI is InChI=1S/C18H24N4O.2C2HF3O2/c1-15-3-4-16(23-15)13-21-10-5-18(6-11-21)7-12-22(14-18)17-19-8-2-9-20-17;2*3-2(4,5)1(6)7/h2-4,8-9H,5-7,10-14H2,1H3;2*(H,6,7). The summed E-state index contributed by atoms with van der Waals surface area (Å²) < 4.78 is 69.2. The Hall–Kier alpha value is -3.36. The average molecular weight is 540 g/mol. The Morgan fingerprint density at radius 2 is 1.43 bits per heavy atom. The minimum absolute atomic E-state index is 0.453. The summed E-state index contributed by atoms with van der Waals surface area (Å²) in [4.78, 5) is 31.5. The van der Waals surface area contributed by atoms with Crippen LogP contribution in [-0.2, 0) is 16.1 Å². The van der Waals surface area contributed by atoms with Gasteiger partial charge in [-0.15, -0.1) is 0 Å². The number of aromatic nitrogens is 2. The van der Waals surface area contributed by atoms with Crippen LogP contribution in [0.2, 0.25) is 0 Å². The quantitative estimate of drug-likeness (QED) is 0.554. The number of nitrogens with zero attached hydrogens (tertiary/aromatic N) is 4. The lowest BCUT2D eigenvalue weighted by molar-refractivity contribution is -0.193. The largest absolute Gasteiger partial charge is 0.490 e. The molecule has 0 bridgehead atoms. The zero-order chi connectivity index (χ0) is 27.9. The predicted octanol–water partition coefficient (Wildman–Crippen LogP) is 4.14. The summed E-state index contributed by atoms with van der Waals surface area (Å²) >= 11 is 0. The molecule has 2 aliphatic rings. The summed E-state index contributed by atoms with van der Waals surface area (Å²) in [6, 6.07) is 6.03. The van der Waals surface area contributed by atoms with Crippen LogP contribution in [0.1, 0.15) is 30.8 Å². The minimum atomic E-state index is -5.08. The summed E-state index contributed by atoms with van der Waals surface area (Å²) in [6.07, 6.45) is -2.71. The summed E-state index contributed by atoms with van der Waals surface area (Å²) in [5.41, 5.74) is 0.453. The van der Waals surface area contributed by atoms with Crippen molar-refractivity contribution in [2.75, 3.05) is 31.1 Å². The van der Waals surface area contributed by atoms with Crippen molar-refractivity contribution in [1.29, 1.82) is 0 Å². The van der Waals surface area contributed by atoms with Crippen molar-refractivity contribution in [3.8, 4) is 0 Å². The van der Waals surface area contributed by atoms with Gasteiger partial charge in [0.05, 0.1) is 6.54 Å². The molecule has 15 heteroatoms. The Morgan fingerprint density at radius 3 is 1.86 bits per heavy atom. The number of carbonyl (C=O) groups is 2. The van der Waals surface area contributed by atoms with Crippen molar-refractivity contribution in [2.24, 2.45) is 5.41 Å². The molecule has 0 amide bonds. The van der Waals surface area contributed by atoms with Crippen molar-refractivity contribution >= 4 is 17.9 Å². The topological polar surface area (TPSA) is 120 Å². The van der Waals surface area contributed by atoms with Crippen LogP contribution in [0.25, 0.3) is 0 Å². The number of aryl methyl sites for hydroxylation is 1. The van der Waals surface area contributed by atoms with Gasteiger partial charge in [0, 0.05) is 25.5 Å². The first-order valence-electron chi connectivity index (χ1n) is 11.0. The summed E-state index contributed by atoms with van der Waals surface area (Å²) in [5, 5.41) is 14.2. The van der Waals surface area contributed by atoms with E-state index in [0.29, 0.717) is 5.41 Å². The molecular weight excluding hydrogens is 514 g/mol. The molecule has 2 saturated heterocycles. The molecule has 0 atom stereocenters. The van der Waals surface area contributed by atoms with E-state index in [4.69, 9.17) is 24.2 Å². The lowest BCUT2D eigenvalue weighted by Gasteiger charge is -2.39. The first-order chi connectivity index (χ1) is 17.1. The highest BCUT2D eigenvalue weighted by Gasteiger charge is 2.41. The number of furan rings is 1. The molecule has 4 heterocycles. The Bertz CT molecular complexity index is 997. The molecule has 2 aromatic heterocycles. The number of rotatable bonds is 3. The van der Waals surface area contributed by atoms with Crippen LogP contribution >= 0.6 is 0 Å². The molecule has 9 nitrogen and oxygen atoms in total. The van der Waals surface area contributed by atoms with E-state index in [1.54, 1.807) is 0 Å². The smallest absolute Gasteiger partial charge is 0.475 e. The number of likely N-dealkylation sites (tertiary alicyclic amines) is 1. The van der Waals surface area contributed by atoms with Gasteiger partial charge in [-0.25, -0.2) is 19.6 Å². The van der Waals surface area contributed by atoms with Crippen LogP contribution in [0.4, 0.5) is 32.3 Å². The molecule has 2 N–H and O–H groups in total. The first kappa shape index (κ1) is 29.9. The fraction of sp³-hybridized carbons (Fsp3) is 0.545. The molecule has 4 rings (SSSR count).